The van der Waals surface area contributed by atoms with Gasteiger partial charge in [0.2, 0.25) is 5.91 Å². The minimum atomic E-state index is 0.0667. The summed E-state index contributed by atoms with van der Waals surface area (Å²) in [6.45, 7) is 5.17. The lowest BCUT2D eigenvalue weighted by Crippen LogP contribution is -2.40. The van der Waals surface area contributed by atoms with Crippen LogP contribution in [0.3, 0.4) is 0 Å². The van der Waals surface area contributed by atoms with Crippen molar-refractivity contribution in [2.45, 2.75) is 38.6 Å². The third kappa shape index (κ3) is 4.87. The molecule has 21 heavy (non-hydrogen) atoms. The Morgan fingerprint density at radius 2 is 2.05 bits per heavy atom. The molecule has 1 fully saturated rings. The Morgan fingerprint density at radius 3 is 2.76 bits per heavy atom. The average molecular weight is 329 g/mol. The summed E-state index contributed by atoms with van der Waals surface area (Å²) in [5, 5.41) is 4.10. The van der Waals surface area contributed by atoms with Crippen molar-refractivity contribution < 1.29 is 4.79 Å². The first-order valence-corrected chi connectivity index (χ1v) is 8.27. The molecule has 0 saturated carbocycles. The molecule has 0 bridgehead atoms. The molecule has 1 aromatic carbocycles. The van der Waals surface area contributed by atoms with Crippen molar-refractivity contribution in [1.82, 2.24) is 10.2 Å². The summed E-state index contributed by atoms with van der Waals surface area (Å²) in [6.07, 6.45) is 3.59. The molecule has 1 aliphatic heterocycles. The second-order valence-corrected chi connectivity index (χ2v) is 6.39. The van der Waals surface area contributed by atoms with Crippen LogP contribution in [0.25, 0.3) is 0 Å². The zero-order valence-electron chi connectivity index (χ0n) is 12.4. The topological polar surface area (TPSA) is 32.3 Å². The van der Waals surface area contributed by atoms with E-state index in [1.54, 1.807) is 6.07 Å². The van der Waals surface area contributed by atoms with E-state index >= 15 is 0 Å². The fourth-order valence-electron chi connectivity index (χ4n) is 2.65. The summed E-state index contributed by atoms with van der Waals surface area (Å²) >= 11 is 12.1. The lowest BCUT2D eigenvalue weighted by molar-refractivity contribution is -0.121. The summed E-state index contributed by atoms with van der Waals surface area (Å²) in [4.78, 5) is 14.4. The van der Waals surface area contributed by atoms with E-state index in [0.29, 0.717) is 35.5 Å². The van der Waals surface area contributed by atoms with Gasteiger partial charge in [-0.1, -0.05) is 35.3 Å². The molecule has 1 atom stereocenters. The van der Waals surface area contributed by atoms with E-state index in [1.165, 1.54) is 12.8 Å². The number of hydrogen-bond donors (Lipinski definition) is 1. The van der Waals surface area contributed by atoms with Crippen LogP contribution in [-0.2, 0) is 11.2 Å². The number of benzene rings is 1. The Balaban J connectivity index is 1.73. The van der Waals surface area contributed by atoms with Crippen LogP contribution in [0.15, 0.2) is 18.2 Å². The van der Waals surface area contributed by atoms with E-state index in [0.717, 1.165) is 18.7 Å². The number of likely N-dealkylation sites (tertiary alicyclic amines) is 1. The molecule has 0 radical (unpaired) electrons. The summed E-state index contributed by atoms with van der Waals surface area (Å²) in [7, 11) is 0. The Hall–Kier alpha value is -0.770. The van der Waals surface area contributed by atoms with Crippen LogP contribution in [0, 0.1) is 0 Å². The first kappa shape index (κ1) is 16.6. The predicted octanol–water partition coefficient (Wildman–Crippen LogP) is 3.53. The zero-order valence-corrected chi connectivity index (χ0v) is 13.9. The maximum Gasteiger partial charge on any atom is 0.220 e. The number of carbonyl (C=O) groups is 1. The first-order valence-electron chi connectivity index (χ1n) is 7.51. The highest BCUT2D eigenvalue weighted by Gasteiger charge is 2.18. The van der Waals surface area contributed by atoms with E-state index in [2.05, 4.69) is 17.1 Å². The molecule has 5 heteroatoms. The van der Waals surface area contributed by atoms with Gasteiger partial charge in [-0.2, -0.15) is 0 Å². The first-order chi connectivity index (χ1) is 10.1. The summed E-state index contributed by atoms with van der Waals surface area (Å²) < 4.78 is 0. The van der Waals surface area contributed by atoms with Crippen molar-refractivity contribution in [1.29, 1.82) is 0 Å². The van der Waals surface area contributed by atoms with Gasteiger partial charge in [-0.05, 0) is 50.9 Å². The van der Waals surface area contributed by atoms with Crippen LogP contribution in [-0.4, -0.2) is 36.5 Å². The second-order valence-electron chi connectivity index (χ2n) is 5.61. The fourth-order valence-corrected chi connectivity index (χ4v) is 3.07. The molecule has 116 valence electrons. The third-order valence-corrected chi connectivity index (χ3v) is 4.87. The van der Waals surface area contributed by atoms with Crippen LogP contribution in [0.2, 0.25) is 10.0 Å². The molecule has 0 aromatic heterocycles. The summed E-state index contributed by atoms with van der Waals surface area (Å²) in [6, 6.07) is 5.93. The lowest BCUT2D eigenvalue weighted by Gasteiger charge is -2.23. The highest BCUT2D eigenvalue weighted by atomic mass is 35.5. The van der Waals surface area contributed by atoms with Crippen LogP contribution in [0.5, 0.6) is 0 Å². The van der Waals surface area contributed by atoms with Gasteiger partial charge in [0.1, 0.15) is 0 Å². The highest BCUT2D eigenvalue weighted by molar-refractivity contribution is 6.42. The monoisotopic (exact) mass is 328 g/mol. The van der Waals surface area contributed by atoms with Crippen molar-refractivity contribution in [3.05, 3.63) is 33.8 Å². The van der Waals surface area contributed by atoms with Gasteiger partial charge in [-0.3, -0.25) is 9.69 Å². The number of hydrogen-bond acceptors (Lipinski definition) is 2. The average Bonchev–Trinajstić information content (AvgIpc) is 3.00. The molecule has 1 amide bonds. The number of rotatable bonds is 6. The van der Waals surface area contributed by atoms with Crippen molar-refractivity contribution in [3.63, 3.8) is 0 Å². The van der Waals surface area contributed by atoms with E-state index in [-0.39, 0.29) is 5.91 Å². The van der Waals surface area contributed by atoms with Crippen LogP contribution < -0.4 is 5.32 Å². The minimum Gasteiger partial charge on any atom is -0.355 e. The number of nitrogens with zero attached hydrogens (tertiary/aromatic N) is 1. The molecule has 0 aliphatic carbocycles. The Bertz CT molecular complexity index is 487. The Kier molecular flexibility index (Phi) is 6.34. The lowest BCUT2D eigenvalue weighted by atomic mass is 10.1. The number of carbonyl (C=O) groups excluding carboxylic acids is 1. The van der Waals surface area contributed by atoms with Crippen LogP contribution >= 0.6 is 23.2 Å². The molecular weight excluding hydrogens is 307 g/mol. The van der Waals surface area contributed by atoms with E-state index in [9.17, 15) is 4.79 Å². The molecule has 1 N–H and O–H groups in total. The molecule has 1 saturated heterocycles. The number of aryl methyl sites for hydroxylation is 1. The van der Waals surface area contributed by atoms with E-state index in [4.69, 9.17) is 23.2 Å². The second kappa shape index (κ2) is 8.02. The summed E-state index contributed by atoms with van der Waals surface area (Å²) in [5.74, 6) is 0.0667. The van der Waals surface area contributed by atoms with Gasteiger partial charge in [-0.15, -0.1) is 0 Å². The molecule has 3 nitrogen and oxygen atoms in total. The quantitative estimate of drug-likeness (QED) is 0.866. The number of nitrogens with one attached hydrogen (secondary N) is 1. The van der Waals surface area contributed by atoms with Gasteiger partial charge in [0.15, 0.2) is 0 Å². The van der Waals surface area contributed by atoms with E-state index < -0.39 is 0 Å². The Labute approximate surface area is 136 Å². The van der Waals surface area contributed by atoms with Gasteiger partial charge in [0.25, 0.3) is 0 Å². The van der Waals surface area contributed by atoms with Crippen molar-refractivity contribution in [3.8, 4) is 0 Å². The van der Waals surface area contributed by atoms with Gasteiger partial charge in [0.05, 0.1) is 10.0 Å². The van der Waals surface area contributed by atoms with Gasteiger partial charge in [-0.25, -0.2) is 0 Å². The molecule has 1 aliphatic rings. The standard InChI is InChI=1S/C16H22Cl2N2O/c1-12(20-9-2-3-10-20)11-19-15(21)8-7-13-5-4-6-14(17)16(13)18/h4-6,12H,2-3,7-11H2,1H3,(H,19,21). The van der Waals surface area contributed by atoms with Gasteiger partial charge < -0.3 is 5.32 Å². The van der Waals surface area contributed by atoms with Gasteiger partial charge in [0, 0.05) is 19.0 Å². The van der Waals surface area contributed by atoms with Crippen molar-refractivity contribution >= 4 is 29.1 Å². The Morgan fingerprint density at radius 1 is 1.33 bits per heavy atom. The molecule has 0 spiro atoms. The zero-order chi connectivity index (χ0) is 15.2. The predicted molar refractivity (Wildman–Crippen MR) is 88.1 cm³/mol. The van der Waals surface area contributed by atoms with Crippen molar-refractivity contribution in [2.75, 3.05) is 19.6 Å². The largest absolute Gasteiger partial charge is 0.355 e. The molecule has 1 heterocycles. The summed E-state index contributed by atoms with van der Waals surface area (Å²) in [5.41, 5.74) is 0.923. The van der Waals surface area contributed by atoms with Gasteiger partial charge >= 0.3 is 0 Å². The smallest absolute Gasteiger partial charge is 0.220 e. The van der Waals surface area contributed by atoms with Crippen molar-refractivity contribution in [2.24, 2.45) is 0 Å². The molecule has 1 aromatic rings. The molecular formula is C16H22Cl2N2O. The highest BCUT2D eigenvalue weighted by Crippen LogP contribution is 2.26. The number of amides is 1. The minimum absolute atomic E-state index is 0.0667. The molecule has 1 unspecified atom stereocenters. The SMILES string of the molecule is CC(CNC(=O)CCc1cccc(Cl)c1Cl)N1CCCC1. The third-order valence-electron chi connectivity index (χ3n) is 4.01. The fraction of sp³-hybridized carbons (Fsp3) is 0.562. The maximum atomic E-state index is 11.9. The molecule has 2 rings (SSSR count). The maximum absolute atomic E-state index is 11.9. The number of halogens is 2. The van der Waals surface area contributed by atoms with E-state index in [1.807, 2.05) is 12.1 Å². The normalized spacial score (nSPS) is 16.9. The van der Waals surface area contributed by atoms with Crippen LogP contribution in [0.4, 0.5) is 0 Å². The van der Waals surface area contributed by atoms with Crippen LogP contribution in [0.1, 0.15) is 31.7 Å².